The Bertz CT molecular complexity index is 492. The van der Waals surface area contributed by atoms with Crippen LogP contribution in [0.15, 0.2) is 24.3 Å². The molecule has 1 N–H and O–H groups in total. The molecule has 0 aliphatic rings. The fourth-order valence-electron chi connectivity index (χ4n) is 1.24. The van der Waals surface area contributed by atoms with Crippen molar-refractivity contribution in [3.8, 4) is 0 Å². The van der Waals surface area contributed by atoms with Crippen molar-refractivity contribution in [2.24, 2.45) is 0 Å². The summed E-state index contributed by atoms with van der Waals surface area (Å²) in [6.45, 7) is 0. The van der Waals surface area contributed by atoms with Crippen molar-refractivity contribution in [1.29, 1.82) is 0 Å². The zero-order chi connectivity index (χ0) is 13.1. The standard InChI is InChI=1S/C11H16N2O3S/c1-13(2)11(14)8-9-4-6-10(7-5-9)12-17(3,15)16/h4-7,12H,8H2,1-3H3. The minimum absolute atomic E-state index is 0.00817. The van der Waals surface area contributed by atoms with Gasteiger partial charge in [-0.15, -0.1) is 0 Å². The highest BCUT2D eigenvalue weighted by Gasteiger charge is 2.06. The second-order valence-electron chi connectivity index (χ2n) is 4.04. The van der Waals surface area contributed by atoms with E-state index in [-0.39, 0.29) is 5.91 Å². The first-order valence-electron chi connectivity index (χ1n) is 5.05. The molecule has 5 nitrogen and oxygen atoms in total. The van der Waals surface area contributed by atoms with Crippen LogP contribution in [0.3, 0.4) is 0 Å². The zero-order valence-corrected chi connectivity index (χ0v) is 10.9. The van der Waals surface area contributed by atoms with Gasteiger partial charge in [0.25, 0.3) is 0 Å². The minimum Gasteiger partial charge on any atom is -0.349 e. The maximum absolute atomic E-state index is 11.4. The molecule has 0 fully saturated rings. The number of benzene rings is 1. The van der Waals surface area contributed by atoms with Crippen LogP contribution in [0, 0.1) is 0 Å². The first-order valence-corrected chi connectivity index (χ1v) is 6.94. The molecule has 1 aromatic rings. The predicted octanol–water partition coefficient (Wildman–Crippen LogP) is 0.689. The number of anilines is 1. The number of hydrogen-bond donors (Lipinski definition) is 1. The molecular weight excluding hydrogens is 240 g/mol. The maximum Gasteiger partial charge on any atom is 0.229 e. The van der Waals surface area contributed by atoms with Crippen LogP contribution in [0.2, 0.25) is 0 Å². The summed E-state index contributed by atoms with van der Waals surface area (Å²) in [7, 11) is 0.141. The van der Waals surface area contributed by atoms with Crippen molar-refractivity contribution in [3.63, 3.8) is 0 Å². The molecule has 0 saturated heterocycles. The Balaban J connectivity index is 2.72. The van der Waals surface area contributed by atoms with Gasteiger partial charge in [-0.05, 0) is 17.7 Å². The van der Waals surface area contributed by atoms with E-state index in [1.165, 1.54) is 4.90 Å². The van der Waals surface area contributed by atoms with Crippen LogP contribution in [0.5, 0.6) is 0 Å². The number of carbonyl (C=O) groups excluding carboxylic acids is 1. The van der Waals surface area contributed by atoms with Gasteiger partial charge in [0.05, 0.1) is 12.7 Å². The highest BCUT2D eigenvalue weighted by atomic mass is 32.2. The summed E-state index contributed by atoms with van der Waals surface area (Å²) in [5, 5.41) is 0. The third-order valence-electron chi connectivity index (χ3n) is 2.11. The molecule has 0 aliphatic carbocycles. The highest BCUT2D eigenvalue weighted by Crippen LogP contribution is 2.11. The summed E-state index contributed by atoms with van der Waals surface area (Å²) in [6, 6.07) is 6.74. The third-order valence-corrected chi connectivity index (χ3v) is 2.72. The molecule has 6 heteroatoms. The van der Waals surface area contributed by atoms with Crippen molar-refractivity contribution in [1.82, 2.24) is 4.90 Å². The van der Waals surface area contributed by atoms with Gasteiger partial charge in [-0.1, -0.05) is 12.1 Å². The Morgan fingerprint density at radius 3 is 2.18 bits per heavy atom. The topological polar surface area (TPSA) is 66.5 Å². The molecule has 17 heavy (non-hydrogen) atoms. The van der Waals surface area contributed by atoms with Gasteiger partial charge >= 0.3 is 0 Å². The third kappa shape index (κ3) is 4.86. The van der Waals surface area contributed by atoms with E-state index < -0.39 is 10.0 Å². The Hall–Kier alpha value is -1.56. The van der Waals surface area contributed by atoms with E-state index >= 15 is 0 Å². The summed E-state index contributed by atoms with van der Waals surface area (Å²) in [5.74, 6) is 0.00817. The number of hydrogen-bond acceptors (Lipinski definition) is 3. The molecule has 0 radical (unpaired) electrons. The average Bonchev–Trinajstić information content (AvgIpc) is 2.18. The molecule has 0 bridgehead atoms. The van der Waals surface area contributed by atoms with Crippen LogP contribution < -0.4 is 4.72 Å². The van der Waals surface area contributed by atoms with Crippen LogP contribution in [-0.4, -0.2) is 39.6 Å². The second-order valence-corrected chi connectivity index (χ2v) is 5.78. The second kappa shape index (κ2) is 5.18. The SMILES string of the molecule is CN(C)C(=O)Cc1ccc(NS(C)(=O)=O)cc1. The number of nitrogens with zero attached hydrogens (tertiary/aromatic N) is 1. The largest absolute Gasteiger partial charge is 0.349 e. The molecule has 94 valence electrons. The van der Waals surface area contributed by atoms with Gasteiger partial charge < -0.3 is 4.90 Å². The highest BCUT2D eigenvalue weighted by molar-refractivity contribution is 7.92. The Labute approximate surface area is 101 Å². The van der Waals surface area contributed by atoms with E-state index in [1.54, 1.807) is 38.4 Å². The van der Waals surface area contributed by atoms with Gasteiger partial charge in [-0.2, -0.15) is 0 Å². The fourth-order valence-corrected chi connectivity index (χ4v) is 1.80. The maximum atomic E-state index is 11.4. The van der Waals surface area contributed by atoms with Gasteiger partial charge in [0.1, 0.15) is 0 Å². The van der Waals surface area contributed by atoms with Gasteiger partial charge in [0, 0.05) is 19.8 Å². The molecule has 0 spiro atoms. The van der Waals surface area contributed by atoms with Crippen LogP contribution in [0.1, 0.15) is 5.56 Å². The molecule has 0 aromatic heterocycles. The summed E-state index contributed by atoms with van der Waals surface area (Å²) in [4.78, 5) is 13.0. The smallest absolute Gasteiger partial charge is 0.229 e. The summed E-state index contributed by atoms with van der Waals surface area (Å²) >= 11 is 0. The Morgan fingerprint density at radius 2 is 1.76 bits per heavy atom. The number of sulfonamides is 1. The van der Waals surface area contributed by atoms with Crippen molar-refractivity contribution < 1.29 is 13.2 Å². The van der Waals surface area contributed by atoms with Crippen LogP contribution in [0.4, 0.5) is 5.69 Å². The van der Waals surface area contributed by atoms with Crippen LogP contribution >= 0.6 is 0 Å². The number of rotatable bonds is 4. The minimum atomic E-state index is -3.25. The van der Waals surface area contributed by atoms with Crippen molar-refractivity contribution in [3.05, 3.63) is 29.8 Å². The zero-order valence-electron chi connectivity index (χ0n) is 10.1. The van der Waals surface area contributed by atoms with Crippen LogP contribution in [-0.2, 0) is 21.2 Å². The first kappa shape index (κ1) is 13.5. The molecular formula is C11H16N2O3S. The molecule has 0 heterocycles. The number of carbonyl (C=O) groups is 1. The molecule has 0 saturated carbocycles. The Kier molecular flexibility index (Phi) is 4.11. The monoisotopic (exact) mass is 256 g/mol. The van der Waals surface area contributed by atoms with Crippen molar-refractivity contribution in [2.45, 2.75) is 6.42 Å². The normalized spacial score (nSPS) is 11.0. The molecule has 0 unspecified atom stereocenters. The number of nitrogens with one attached hydrogen (secondary N) is 1. The molecule has 0 aliphatic heterocycles. The lowest BCUT2D eigenvalue weighted by atomic mass is 10.1. The summed E-state index contributed by atoms with van der Waals surface area (Å²) in [6.07, 6.45) is 1.41. The van der Waals surface area contributed by atoms with Gasteiger partial charge in [0.2, 0.25) is 15.9 Å². The van der Waals surface area contributed by atoms with Gasteiger partial charge in [-0.25, -0.2) is 8.42 Å². The summed E-state index contributed by atoms with van der Waals surface area (Å²) < 4.78 is 24.3. The van der Waals surface area contributed by atoms with Gasteiger partial charge in [-0.3, -0.25) is 9.52 Å². The van der Waals surface area contributed by atoms with E-state index in [1.807, 2.05) is 0 Å². The van der Waals surface area contributed by atoms with Gasteiger partial charge in [0.15, 0.2) is 0 Å². The lowest BCUT2D eigenvalue weighted by molar-refractivity contribution is -0.127. The predicted molar refractivity (Wildman–Crippen MR) is 67.3 cm³/mol. The molecule has 1 amide bonds. The first-order chi connectivity index (χ1) is 7.78. The Morgan fingerprint density at radius 1 is 1.24 bits per heavy atom. The quantitative estimate of drug-likeness (QED) is 0.862. The average molecular weight is 256 g/mol. The van der Waals surface area contributed by atoms with E-state index in [9.17, 15) is 13.2 Å². The lowest BCUT2D eigenvalue weighted by Crippen LogP contribution is -2.23. The number of amides is 1. The van der Waals surface area contributed by atoms with E-state index in [2.05, 4.69) is 4.72 Å². The molecule has 0 atom stereocenters. The lowest BCUT2D eigenvalue weighted by Gasteiger charge is -2.10. The van der Waals surface area contributed by atoms with E-state index in [0.717, 1.165) is 11.8 Å². The van der Waals surface area contributed by atoms with Crippen molar-refractivity contribution >= 4 is 21.6 Å². The number of likely N-dealkylation sites (N-methyl/N-ethyl adjacent to an activating group) is 1. The summed E-state index contributed by atoms with van der Waals surface area (Å²) in [5.41, 5.74) is 1.34. The van der Waals surface area contributed by atoms with Crippen LogP contribution in [0.25, 0.3) is 0 Å². The van der Waals surface area contributed by atoms with E-state index in [0.29, 0.717) is 12.1 Å². The van der Waals surface area contributed by atoms with Crippen molar-refractivity contribution in [2.75, 3.05) is 25.1 Å². The van der Waals surface area contributed by atoms with E-state index in [4.69, 9.17) is 0 Å². The molecule has 1 aromatic carbocycles. The fraction of sp³-hybridized carbons (Fsp3) is 0.364. The molecule has 1 rings (SSSR count).